The summed E-state index contributed by atoms with van der Waals surface area (Å²) in [5.41, 5.74) is 1.76. The molecule has 1 aliphatic heterocycles. The first kappa shape index (κ1) is 20.3. The summed E-state index contributed by atoms with van der Waals surface area (Å²) < 4.78 is 10.6. The van der Waals surface area contributed by atoms with Crippen molar-refractivity contribution in [2.45, 2.75) is 6.42 Å². The number of amides is 2. The van der Waals surface area contributed by atoms with Gasteiger partial charge in [0.15, 0.2) is 0 Å². The van der Waals surface area contributed by atoms with Crippen molar-refractivity contribution in [3.05, 3.63) is 65.9 Å². The third-order valence-corrected chi connectivity index (χ3v) is 5.14. The Bertz CT molecular complexity index is 1160. The van der Waals surface area contributed by atoms with Crippen LogP contribution in [0, 0.1) is 0 Å². The van der Waals surface area contributed by atoms with Crippen molar-refractivity contribution in [1.82, 2.24) is 20.2 Å². The number of hydrazine groups is 1. The van der Waals surface area contributed by atoms with Gasteiger partial charge >= 0.3 is 0 Å². The first-order chi connectivity index (χ1) is 15.1. The quantitative estimate of drug-likeness (QED) is 0.593. The van der Waals surface area contributed by atoms with E-state index >= 15 is 0 Å². The Balaban J connectivity index is 1.58. The minimum atomic E-state index is -0.290. The van der Waals surface area contributed by atoms with Gasteiger partial charge in [-0.05, 0) is 36.8 Å². The third kappa shape index (κ3) is 4.05. The van der Waals surface area contributed by atoms with Crippen LogP contribution in [0.15, 0.2) is 54.7 Å². The van der Waals surface area contributed by atoms with Gasteiger partial charge in [0.25, 0.3) is 11.8 Å². The molecule has 0 unspecified atom stereocenters. The first-order valence-electron chi connectivity index (χ1n) is 9.86. The van der Waals surface area contributed by atoms with Crippen LogP contribution in [0.3, 0.4) is 0 Å². The molecule has 31 heavy (non-hydrogen) atoms. The van der Waals surface area contributed by atoms with Crippen LogP contribution >= 0.6 is 0 Å². The van der Waals surface area contributed by atoms with Crippen LogP contribution in [0.4, 0.5) is 0 Å². The van der Waals surface area contributed by atoms with Gasteiger partial charge in [-0.2, -0.15) is 10.2 Å². The molecular formula is C23H22N4O4. The molecule has 0 saturated carbocycles. The molecule has 0 radical (unpaired) electrons. The molecule has 3 aromatic rings. The molecular weight excluding hydrogens is 396 g/mol. The molecule has 0 aliphatic carbocycles. The van der Waals surface area contributed by atoms with Gasteiger partial charge in [0.1, 0.15) is 11.5 Å². The smallest absolute Gasteiger partial charge is 0.274 e. The molecule has 1 saturated heterocycles. The van der Waals surface area contributed by atoms with E-state index in [9.17, 15) is 9.59 Å². The van der Waals surface area contributed by atoms with Crippen LogP contribution < -0.4 is 9.47 Å². The maximum absolute atomic E-state index is 13.2. The van der Waals surface area contributed by atoms with Gasteiger partial charge in [-0.3, -0.25) is 9.59 Å². The second kappa shape index (κ2) is 8.83. The zero-order chi connectivity index (χ0) is 21.8. The summed E-state index contributed by atoms with van der Waals surface area (Å²) in [7, 11) is 3.14. The molecule has 4 rings (SSSR count). The zero-order valence-electron chi connectivity index (χ0n) is 17.3. The van der Waals surface area contributed by atoms with Gasteiger partial charge in [-0.1, -0.05) is 18.2 Å². The van der Waals surface area contributed by atoms with Gasteiger partial charge in [0.05, 0.1) is 31.5 Å². The van der Waals surface area contributed by atoms with Crippen LogP contribution in [0.2, 0.25) is 0 Å². The summed E-state index contributed by atoms with van der Waals surface area (Å²) in [5, 5.41) is 11.6. The maximum atomic E-state index is 13.2. The first-order valence-corrected chi connectivity index (χ1v) is 9.86. The Kier molecular flexibility index (Phi) is 5.79. The van der Waals surface area contributed by atoms with Gasteiger partial charge in [0, 0.05) is 30.1 Å². The van der Waals surface area contributed by atoms with E-state index in [1.165, 1.54) is 22.3 Å². The van der Waals surface area contributed by atoms with E-state index in [1.54, 1.807) is 44.6 Å². The SMILES string of the molecule is COc1ccc(OC)c(/C=C/C(=O)N2CCCN2C(=O)c2cnnc3ccccc23)c1. The number of aromatic nitrogens is 2. The fourth-order valence-corrected chi connectivity index (χ4v) is 3.59. The highest BCUT2D eigenvalue weighted by atomic mass is 16.5. The number of methoxy groups -OCH3 is 2. The predicted octanol–water partition coefficient (Wildman–Crippen LogP) is 2.95. The lowest BCUT2D eigenvalue weighted by molar-refractivity contribution is -0.134. The van der Waals surface area contributed by atoms with E-state index in [0.29, 0.717) is 53.0 Å². The third-order valence-electron chi connectivity index (χ3n) is 5.14. The second-order valence-electron chi connectivity index (χ2n) is 6.96. The standard InChI is InChI=1S/C23H22N4O4/c1-30-17-9-10-21(31-2)16(14-17)8-11-22(28)26-12-5-13-27(26)23(29)19-15-24-25-20-7-4-3-6-18(19)20/h3-4,6-11,14-15H,5,12-13H2,1-2H3/b11-8+. The lowest BCUT2D eigenvalue weighted by Crippen LogP contribution is -2.44. The fourth-order valence-electron chi connectivity index (χ4n) is 3.59. The van der Waals surface area contributed by atoms with Crippen molar-refractivity contribution in [3.8, 4) is 11.5 Å². The number of carbonyl (C=O) groups is 2. The molecule has 0 spiro atoms. The van der Waals surface area contributed by atoms with Crippen LogP contribution in [0.5, 0.6) is 11.5 Å². The Labute approximate surface area is 179 Å². The zero-order valence-corrected chi connectivity index (χ0v) is 17.3. The molecule has 2 amide bonds. The van der Waals surface area contributed by atoms with Crippen molar-refractivity contribution in [1.29, 1.82) is 0 Å². The van der Waals surface area contributed by atoms with E-state index in [4.69, 9.17) is 9.47 Å². The van der Waals surface area contributed by atoms with Crippen LogP contribution in [-0.4, -0.2) is 59.3 Å². The van der Waals surface area contributed by atoms with E-state index in [1.807, 2.05) is 18.2 Å². The summed E-state index contributed by atoms with van der Waals surface area (Å²) >= 11 is 0. The predicted molar refractivity (Wildman–Crippen MR) is 115 cm³/mol. The highest BCUT2D eigenvalue weighted by Gasteiger charge is 2.31. The van der Waals surface area contributed by atoms with E-state index < -0.39 is 0 Å². The van der Waals surface area contributed by atoms with Crippen molar-refractivity contribution in [2.24, 2.45) is 0 Å². The molecule has 1 fully saturated rings. The van der Waals surface area contributed by atoms with Crippen LogP contribution in [0.1, 0.15) is 22.3 Å². The van der Waals surface area contributed by atoms with Gasteiger partial charge in [-0.15, -0.1) is 0 Å². The average Bonchev–Trinajstić information content (AvgIpc) is 3.31. The average molecular weight is 418 g/mol. The van der Waals surface area contributed by atoms with Crippen molar-refractivity contribution >= 4 is 28.8 Å². The molecule has 0 N–H and O–H groups in total. The Morgan fingerprint density at radius 1 is 1.03 bits per heavy atom. The van der Waals surface area contributed by atoms with E-state index in [0.717, 1.165) is 0 Å². The molecule has 1 aromatic heterocycles. The van der Waals surface area contributed by atoms with Gasteiger partial charge < -0.3 is 9.47 Å². The van der Waals surface area contributed by atoms with Crippen molar-refractivity contribution < 1.29 is 19.1 Å². The van der Waals surface area contributed by atoms with Gasteiger partial charge in [0.2, 0.25) is 0 Å². The number of fused-ring (bicyclic) bond motifs is 1. The molecule has 158 valence electrons. The van der Waals surface area contributed by atoms with E-state index in [-0.39, 0.29) is 11.8 Å². The lowest BCUT2D eigenvalue weighted by atomic mass is 10.1. The molecule has 8 heteroatoms. The number of nitrogens with zero attached hydrogens (tertiary/aromatic N) is 4. The monoisotopic (exact) mass is 418 g/mol. The maximum Gasteiger partial charge on any atom is 0.274 e. The summed E-state index contributed by atoms with van der Waals surface area (Å²) in [6, 6.07) is 12.7. The highest BCUT2D eigenvalue weighted by Crippen LogP contribution is 2.26. The fraction of sp³-hybridized carbons (Fsp3) is 0.217. The molecule has 1 aliphatic rings. The Morgan fingerprint density at radius 2 is 1.84 bits per heavy atom. The molecule has 2 heterocycles. The molecule has 8 nitrogen and oxygen atoms in total. The topological polar surface area (TPSA) is 84.9 Å². The minimum absolute atomic E-state index is 0.274. The number of hydrogen-bond acceptors (Lipinski definition) is 6. The molecule has 0 atom stereocenters. The Morgan fingerprint density at radius 3 is 2.65 bits per heavy atom. The number of rotatable bonds is 5. The van der Waals surface area contributed by atoms with Crippen LogP contribution in [-0.2, 0) is 4.79 Å². The number of carbonyl (C=O) groups excluding carboxylic acids is 2. The highest BCUT2D eigenvalue weighted by molar-refractivity contribution is 6.06. The van der Waals surface area contributed by atoms with E-state index in [2.05, 4.69) is 10.2 Å². The normalized spacial score (nSPS) is 13.7. The number of hydrogen-bond donors (Lipinski definition) is 0. The second-order valence-corrected chi connectivity index (χ2v) is 6.96. The lowest BCUT2D eigenvalue weighted by Gasteiger charge is -2.27. The Hall–Kier alpha value is -3.94. The largest absolute Gasteiger partial charge is 0.497 e. The molecule has 0 bridgehead atoms. The summed E-state index contributed by atoms with van der Waals surface area (Å²) in [6.45, 7) is 0.915. The van der Waals surface area contributed by atoms with Gasteiger partial charge in [-0.25, -0.2) is 10.0 Å². The minimum Gasteiger partial charge on any atom is -0.497 e. The van der Waals surface area contributed by atoms with Crippen molar-refractivity contribution in [2.75, 3.05) is 27.3 Å². The van der Waals surface area contributed by atoms with Crippen LogP contribution in [0.25, 0.3) is 17.0 Å². The summed E-state index contributed by atoms with van der Waals surface area (Å²) in [6.07, 6.45) is 5.24. The van der Waals surface area contributed by atoms with Crippen molar-refractivity contribution in [3.63, 3.8) is 0 Å². The number of ether oxygens (including phenoxy) is 2. The summed E-state index contributed by atoms with van der Waals surface area (Å²) in [4.78, 5) is 26.2. The number of benzene rings is 2. The molecule has 2 aromatic carbocycles. The summed E-state index contributed by atoms with van der Waals surface area (Å²) in [5.74, 6) is 0.711.